The Bertz CT molecular complexity index is 1010. The van der Waals surface area contributed by atoms with Crippen molar-refractivity contribution >= 4 is 17.4 Å². The van der Waals surface area contributed by atoms with Gasteiger partial charge in [0.15, 0.2) is 0 Å². The number of Topliss-reactive ketones (excluding diaryl/α,β-unsaturated/α-hetero) is 1. The van der Waals surface area contributed by atoms with Crippen LogP contribution in [0.4, 0.5) is 0 Å². The van der Waals surface area contributed by atoms with Crippen LogP contribution in [0.5, 0.6) is 5.75 Å². The minimum Gasteiger partial charge on any atom is -0.507 e. The van der Waals surface area contributed by atoms with Gasteiger partial charge in [-0.3, -0.25) is 9.59 Å². The molecule has 6 nitrogen and oxygen atoms in total. The van der Waals surface area contributed by atoms with E-state index in [4.69, 9.17) is 4.74 Å². The third-order valence-corrected chi connectivity index (χ3v) is 5.61. The summed E-state index contributed by atoms with van der Waals surface area (Å²) in [5.74, 6) is -0.572. The Kier molecular flexibility index (Phi) is 5.35. The summed E-state index contributed by atoms with van der Waals surface area (Å²) in [4.78, 5) is 29.4. The van der Waals surface area contributed by atoms with E-state index in [0.29, 0.717) is 18.7 Å². The molecule has 1 amide bonds. The highest BCUT2D eigenvalue weighted by atomic mass is 16.5. The maximum Gasteiger partial charge on any atom is 0.295 e. The normalized spacial score (nSPS) is 22.5. The van der Waals surface area contributed by atoms with Crippen LogP contribution in [-0.4, -0.2) is 59.9 Å². The summed E-state index contributed by atoms with van der Waals surface area (Å²) >= 11 is 0. The van der Waals surface area contributed by atoms with Crippen LogP contribution in [0.1, 0.15) is 29.7 Å². The molecule has 2 aromatic rings. The number of aliphatic hydroxyl groups excluding tert-OH is 1. The number of carbonyl (C=O) groups excluding carboxylic acids is 2. The highest BCUT2D eigenvalue weighted by molar-refractivity contribution is 6.46. The fourth-order valence-electron chi connectivity index (χ4n) is 4.13. The molecule has 2 aliphatic heterocycles. The lowest BCUT2D eigenvalue weighted by Crippen LogP contribution is -2.35. The molecule has 30 heavy (non-hydrogen) atoms. The quantitative estimate of drug-likeness (QED) is 0.470. The van der Waals surface area contributed by atoms with Crippen LogP contribution in [0.25, 0.3) is 5.76 Å². The number of likely N-dealkylation sites (tertiary alicyclic amines) is 1. The lowest BCUT2D eigenvalue weighted by molar-refractivity contribution is -0.140. The van der Waals surface area contributed by atoms with Crippen molar-refractivity contribution in [1.29, 1.82) is 0 Å². The van der Waals surface area contributed by atoms with E-state index in [0.717, 1.165) is 23.3 Å². The van der Waals surface area contributed by atoms with Crippen LogP contribution in [0, 0.1) is 0 Å². The number of rotatable bonds is 5. The molecule has 2 atom stereocenters. The van der Waals surface area contributed by atoms with Gasteiger partial charge in [0.2, 0.25) is 0 Å². The van der Waals surface area contributed by atoms with E-state index in [9.17, 15) is 14.7 Å². The molecule has 0 saturated carbocycles. The minimum atomic E-state index is -0.648. The first-order valence-corrected chi connectivity index (χ1v) is 10.1. The van der Waals surface area contributed by atoms with E-state index in [2.05, 4.69) is 0 Å². The SMILES string of the molecule is CC1Cc2cc(/C(O)=C3/C(=O)C(=O)N(CCN(C)C)C3c3ccccc3)ccc2O1. The molecule has 1 saturated heterocycles. The number of ketones is 1. The van der Waals surface area contributed by atoms with Crippen molar-refractivity contribution in [2.24, 2.45) is 0 Å². The van der Waals surface area contributed by atoms with Crippen LogP contribution < -0.4 is 4.74 Å². The van der Waals surface area contributed by atoms with Crippen molar-refractivity contribution in [1.82, 2.24) is 9.80 Å². The third-order valence-electron chi connectivity index (χ3n) is 5.61. The van der Waals surface area contributed by atoms with Crippen LogP contribution in [0.2, 0.25) is 0 Å². The number of amides is 1. The van der Waals surface area contributed by atoms with Crippen LogP contribution in [0.15, 0.2) is 54.1 Å². The zero-order valence-electron chi connectivity index (χ0n) is 17.5. The first kappa shape index (κ1) is 20.2. The summed E-state index contributed by atoms with van der Waals surface area (Å²) in [7, 11) is 3.84. The molecule has 1 N–H and O–H groups in total. The molecule has 0 spiro atoms. The first-order chi connectivity index (χ1) is 14.4. The van der Waals surface area contributed by atoms with Gasteiger partial charge in [0.25, 0.3) is 11.7 Å². The number of aliphatic hydroxyl groups is 1. The summed E-state index contributed by atoms with van der Waals surface area (Å²) < 4.78 is 5.74. The van der Waals surface area contributed by atoms with Crippen LogP contribution in [-0.2, 0) is 16.0 Å². The number of hydrogen-bond acceptors (Lipinski definition) is 5. The van der Waals surface area contributed by atoms with Gasteiger partial charge in [-0.25, -0.2) is 0 Å². The predicted molar refractivity (Wildman–Crippen MR) is 114 cm³/mol. The average molecular weight is 406 g/mol. The lowest BCUT2D eigenvalue weighted by Gasteiger charge is -2.26. The summed E-state index contributed by atoms with van der Waals surface area (Å²) in [5, 5.41) is 11.2. The number of nitrogens with zero attached hydrogens (tertiary/aromatic N) is 2. The highest BCUT2D eigenvalue weighted by Gasteiger charge is 2.45. The molecule has 0 radical (unpaired) electrons. The molecule has 0 aliphatic carbocycles. The molecule has 0 aromatic heterocycles. The van der Waals surface area contributed by atoms with E-state index < -0.39 is 17.7 Å². The zero-order chi connectivity index (χ0) is 21.4. The molecule has 1 fully saturated rings. The number of likely N-dealkylation sites (N-methyl/N-ethyl adjacent to an activating group) is 1. The summed E-state index contributed by atoms with van der Waals surface area (Å²) in [6.07, 6.45) is 0.828. The van der Waals surface area contributed by atoms with Gasteiger partial charge in [-0.15, -0.1) is 0 Å². The first-order valence-electron chi connectivity index (χ1n) is 10.1. The van der Waals surface area contributed by atoms with Crippen molar-refractivity contribution in [3.63, 3.8) is 0 Å². The van der Waals surface area contributed by atoms with Gasteiger partial charge >= 0.3 is 0 Å². The Balaban J connectivity index is 1.80. The molecule has 2 aromatic carbocycles. The van der Waals surface area contributed by atoms with Gasteiger partial charge in [0.05, 0.1) is 11.6 Å². The van der Waals surface area contributed by atoms with E-state index in [1.807, 2.05) is 68.4 Å². The summed E-state index contributed by atoms with van der Waals surface area (Å²) in [5.41, 5.74) is 2.45. The van der Waals surface area contributed by atoms with Gasteiger partial charge in [0.1, 0.15) is 17.6 Å². The number of carbonyl (C=O) groups is 2. The zero-order valence-corrected chi connectivity index (χ0v) is 17.5. The molecule has 6 heteroatoms. The minimum absolute atomic E-state index is 0.0818. The Morgan fingerprint density at radius 3 is 2.60 bits per heavy atom. The van der Waals surface area contributed by atoms with E-state index in [1.54, 1.807) is 11.0 Å². The van der Waals surface area contributed by atoms with Gasteiger partial charge in [0, 0.05) is 25.1 Å². The molecule has 156 valence electrons. The second-order valence-corrected chi connectivity index (χ2v) is 8.16. The molecule has 2 aliphatic rings. The fourth-order valence-corrected chi connectivity index (χ4v) is 4.13. The Morgan fingerprint density at radius 2 is 1.90 bits per heavy atom. The monoisotopic (exact) mass is 406 g/mol. The maximum atomic E-state index is 13.0. The molecule has 2 heterocycles. The van der Waals surface area contributed by atoms with Crippen molar-refractivity contribution in [2.75, 3.05) is 27.2 Å². The van der Waals surface area contributed by atoms with Crippen LogP contribution in [0.3, 0.4) is 0 Å². The van der Waals surface area contributed by atoms with Crippen LogP contribution >= 0.6 is 0 Å². The van der Waals surface area contributed by atoms with E-state index in [-0.39, 0.29) is 17.4 Å². The van der Waals surface area contributed by atoms with Crippen molar-refractivity contribution in [3.8, 4) is 5.75 Å². The Labute approximate surface area is 176 Å². The fraction of sp³-hybridized carbons (Fsp3) is 0.333. The Hall–Kier alpha value is -3.12. The molecule has 4 rings (SSSR count). The second kappa shape index (κ2) is 7.95. The largest absolute Gasteiger partial charge is 0.507 e. The smallest absolute Gasteiger partial charge is 0.295 e. The molecule has 0 bridgehead atoms. The number of ether oxygens (including phenoxy) is 1. The van der Waals surface area contributed by atoms with Gasteiger partial charge in [-0.05, 0) is 50.3 Å². The summed E-state index contributed by atoms with van der Waals surface area (Å²) in [6.45, 7) is 3.00. The Morgan fingerprint density at radius 1 is 1.17 bits per heavy atom. The lowest BCUT2D eigenvalue weighted by atomic mass is 9.94. The number of hydrogen-bond donors (Lipinski definition) is 1. The number of benzene rings is 2. The molecular formula is C24H26N2O4. The topological polar surface area (TPSA) is 70.1 Å². The van der Waals surface area contributed by atoms with E-state index in [1.165, 1.54) is 0 Å². The predicted octanol–water partition coefficient (Wildman–Crippen LogP) is 2.99. The van der Waals surface area contributed by atoms with Gasteiger partial charge < -0.3 is 19.6 Å². The second-order valence-electron chi connectivity index (χ2n) is 8.16. The maximum absolute atomic E-state index is 13.0. The summed E-state index contributed by atoms with van der Waals surface area (Å²) in [6, 6.07) is 14.2. The van der Waals surface area contributed by atoms with Crippen molar-refractivity contribution < 1.29 is 19.4 Å². The van der Waals surface area contributed by atoms with Crippen molar-refractivity contribution in [2.45, 2.75) is 25.5 Å². The standard InChI is InChI=1S/C24H26N2O4/c1-15-13-18-14-17(9-10-19(18)30-15)22(27)20-21(16-7-5-4-6-8-16)26(12-11-25(2)3)24(29)23(20)28/h4-10,14-15,21,27H,11-13H2,1-3H3/b22-20-. The van der Waals surface area contributed by atoms with E-state index >= 15 is 0 Å². The molecule has 2 unspecified atom stereocenters. The van der Waals surface area contributed by atoms with Gasteiger partial charge in [-0.1, -0.05) is 30.3 Å². The highest BCUT2D eigenvalue weighted by Crippen LogP contribution is 2.40. The van der Waals surface area contributed by atoms with Crippen molar-refractivity contribution in [3.05, 3.63) is 70.8 Å². The third kappa shape index (κ3) is 3.59. The van der Waals surface area contributed by atoms with Gasteiger partial charge in [-0.2, -0.15) is 0 Å². The number of fused-ring (bicyclic) bond motifs is 1. The average Bonchev–Trinajstić information content (AvgIpc) is 3.22. The molecular weight excluding hydrogens is 380 g/mol.